The lowest BCUT2D eigenvalue weighted by molar-refractivity contribution is 0.783. The maximum absolute atomic E-state index is 5.80. The molecule has 0 fully saturated rings. The number of hydrogen-bond acceptors (Lipinski definition) is 2. The van der Waals surface area contributed by atoms with E-state index in [2.05, 4.69) is 63.1 Å². The van der Waals surface area contributed by atoms with E-state index < -0.39 is 0 Å². The van der Waals surface area contributed by atoms with Gasteiger partial charge in [-0.2, -0.15) is 0 Å². The number of nitrogens with zero attached hydrogens (tertiary/aromatic N) is 2. The van der Waals surface area contributed by atoms with E-state index in [0.29, 0.717) is 5.15 Å². The Hall–Kier alpha value is -1.86. The van der Waals surface area contributed by atoms with Gasteiger partial charge in [-0.05, 0) is 40.8 Å². The van der Waals surface area contributed by atoms with Gasteiger partial charge < -0.3 is 10.6 Å². The first kappa shape index (κ1) is 21.4. The number of guanidine groups is 1. The Balaban J connectivity index is 0.00000261. The van der Waals surface area contributed by atoms with E-state index in [-0.39, 0.29) is 24.0 Å². The molecule has 0 aliphatic rings. The van der Waals surface area contributed by atoms with Gasteiger partial charge in [0, 0.05) is 26.3 Å². The van der Waals surface area contributed by atoms with Crippen molar-refractivity contribution in [2.24, 2.45) is 4.99 Å². The molecule has 1 heterocycles. The minimum atomic E-state index is 0. The SMILES string of the molecule is CN=C(NCCc1ccc(Cl)nc1)NCCc1ccc2ccccc2c1.I. The molecular weight excluding hydrogens is 471 g/mol. The Morgan fingerprint density at radius 1 is 0.926 bits per heavy atom. The van der Waals surface area contributed by atoms with E-state index in [1.807, 2.05) is 12.1 Å². The van der Waals surface area contributed by atoms with Crippen molar-refractivity contribution in [1.82, 2.24) is 15.6 Å². The van der Waals surface area contributed by atoms with E-state index in [9.17, 15) is 0 Å². The quantitative estimate of drug-likeness (QED) is 0.230. The van der Waals surface area contributed by atoms with Crippen LogP contribution >= 0.6 is 35.6 Å². The predicted molar refractivity (Wildman–Crippen MR) is 125 cm³/mol. The molecule has 6 heteroatoms. The molecule has 0 bridgehead atoms. The van der Waals surface area contributed by atoms with Gasteiger partial charge in [-0.3, -0.25) is 4.99 Å². The highest BCUT2D eigenvalue weighted by atomic mass is 127. The van der Waals surface area contributed by atoms with Crippen LogP contribution in [0.25, 0.3) is 10.8 Å². The van der Waals surface area contributed by atoms with Crippen LogP contribution in [0.15, 0.2) is 65.8 Å². The van der Waals surface area contributed by atoms with Gasteiger partial charge >= 0.3 is 0 Å². The molecular formula is C21H24ClIN4. The average molecular weight is 495 g/mol. The van der Waals surface area contributed by atoms with Crippen LogP contribution in [0.1, 0.15) is 11.1 Å². The number of aromatic nitrogens is 1. The first-order valence-electron chi connectivity index (χ1n) is 8.77. The smallest absolute Gasteiger partial charge is 0.190 e. The number of hydrogen-bond donors (Lipinski definition) is 2. The van der Waals surface area contributed by atoms with Crippen molar-refractivity contribution < 1.29 is 0 Å². The van der Waals surface area contributed by atoms with Gasteiger partial charge in [0.2, 0.25) is 0 Å². The van der Waals surface area contributed by atoms with Crippen LogP contribution in [0.2, 0.25) is 5.15 Å². The van der Waals surface area contributed by atoms with Gasteiger partial charge in [0.25, 0.3) is 0 Å². The minimum absolute atomic E-state index is 0. The van der Waals surface area contributed by atoms with Gasteiger partial charge in [0.1, 0.15) is 5.15 Å². The highest BCUT2D eigenvalue weighted by Gasteiger charge is 2.00. The Labute approximate surface area is 182 Å². The molecule has 3 rings (SSSR count). The fourth-order valence-electron chi connectivity index (χ4n) is 2.82. The molecule has 0 saturated heterocycles. The van der Waals surface area contributed by atoms with Crippen LogP contribution in [-0.2, 0) is 12.8 Å². The summed E-state index contributed by atoms with van der Waals surface area (Å²) < 4.78 is 0. The summed E-state index contributed by atoms with van der Waals surface area (Å²) in [6.07, 6.45) is 3.63. The van der Waals surface area contributed by atoms with Crippen LogP contribution in [0.3, 0.4) is 0 Å². The third-order valence-electron chi connectivity index (χ3n) is 4.24. The van der Waals surface area contributed by atoms with Crippen molar-refractivity contribution in [3.05, 3.63) is 77.1 Å². The third-order valence-corrected chi connectivity index (χ3v) is 4.46. The number of nitrogens with one attached hydrogen (secondary N) is 2. The number of fused-ring (bicyclic) bond motifs is 1. The normalized spacial score (nSPS) is 11.1. The Bertz CT molecular complexity index is 881. The Morgan fingerprint density at radius 3 is 2.26 bits per heavy atom. The molecule has 0 aliphatic heterocycles. The molecule has 0 radical (unpaired) electrons. The standard InChI is InChI=1S/C21H23ClN4.HI/c1-23-21(25-13-11-17-7-9-20(22)26-15-17)24-12-10-16-6-8-18-4-2-3-5-19(18)14-16;/h2-9,14-15H,10-13H2,1H3,(H2,23,24,25);1H. The zero-order chi connectivity index (χ0) is 18.2. The van der Waals surface area contributed by atoms with Gasteiger partial charge in [0.05, 0.1) is 0 Å². The van der Waals surface area contributed by atoms with Crippen molar-refractivity contribution in [1.29, 1.82) is 0 Å². The maximum atomic E-state index is 5.80. The van der Waals surface area contributed by atoms with Crippen LogP contribution in [0.4, 0.5) is 0 Å². The van der Waals surface area contributed by atoms with E-state index in [0.717, 1.165) is 37.5 Å². The molecule has 0 aliphatic carbocycles. The van der Waals surface area contributed by atoms with Crippen molar-refractivity contribution in [2.45, 2.75) is 12.8 Å². The third kappa shape index (κ3) is 6.66. The number of pyridine rings is 1. The predicted octanol–water partition coefficient (Wildman–Crippen LogP) is 4.46. The molecule has 2 aromatic carbocycles. The molecule has 0 spiro atoms. The molecule has 3 aromatic rings. The van der Waals surface area contributed by atoms with E-state index >= 15 is 0 Å². The van der Waals surface area contributed by atoms with Gasteiger partial charge in [-0.25, -0.2) is 4.98 Å². The highest BCUT2D eigenvalue weighted by molar-refractivity contribution is 14.0. The van der Waals surface area contributed by atoms with Crippen LogP contribution < -0.4 is 10.6 Å². The lowest BCUT2D eigenvalue weighted by atomic mass is 10.1. The van der Waals surface area contributed by atoms with Crippen LogP contribution in [0, 0.1) is 0 Å². The molecule has 0 amide bonds. The largest absolute Gasteiger partial charge is 0.356 e. The van der Waals surface area contributed by atoms with Crippen molar-refractivity contribution >= 4 is 52.3 Å². The summed E-state index contributed by atoms with van der Waals surface area (Å²) in [4.78, 5) is 8.37. The Kier molecular flexibility index (Phi) is 8.81. The second-order valence-electron chi connectivity index (χ2n) is 6.10. The second-order valence-corrected chi connectivity index (χ2v) is 6.48. The maximum Gasteiger partial charge on any atom is 0.190 e. The van der Waals surface area contributed by atoms with Crippen LogP contribution in [-0.4, -0.2) is 31.1 Å². The first-order chi connectivity index (χ1) is 12.7. The molecule has 0 saturated carbocycles. The fourth-order valence-corrected chi connectivity index (χ4v) is 2.93. The van der Waals surface area contributed by atoms with E-state index in [1.54, 1.807) is 13.2 Å². The van der Waals surface area contributed by atoms with Crippen LogP contribution in [0.5, 0.6) is 0 Å². The zero-order valence-corrected chi connectivity index (χ0v) is 18.4. The van der Waals surface area contributed by atoms with Crippen molar-refractivity contribution in [2.75, 3.05) is 20.1 Å². The van der Waals surface area contributed by atoms with Gasteiger partial charge in [-0.1, -0.05) is 60.1 Å². The monoisotopic (exact) mass is 494 g/mol. The molecule has 2 N–H and O–H groups in total. The molecule has 27 heavy (non-hydrogen) atoms. The number of rotatable bonds is 6. The summed E-state index contributed by atoms with van der Waals surface area (Å²) in [7, 11) is 1.79. The molecule has 0 atom stereocenters. The summed E-state index contributed by atoms with van der Waals surface area (Å²) in [5.74, 6) is 0.813. The summed E-state index contributed by atoms with van der Waals surface area (Å²) in [5, 5.41) is 9.77. The molecule has 142 valence electrons. The number of benzene rings is 2. The molecule has 0 unspecified atom stereocenters. The lowest BCUT2D eigenvalue weighted by Crippen LogP contribution is -2.39. The van der Waals surface area contributed by atoms with Gasteiger partial charge in [0.15, 0.2) is 5.96 Å². The van der Waals surface area contributed by atoms with E-state index in [4.69, 9.17) is 11.6 Å². The van der Waals surface area contributed by atoms with Crippen molar-refractivity contribution in [3.8, 4) is 0 Å². The summed E-state index contributed by atoms with van der Waals surface area (Å²) >= 11 is 5.80. The Morgan fingerprint density at radius 2 is 1.59 bits per heavy atom. The minimum Gasteiger partial charge on any atom is -0.356 e. The fraction of sp³-hybridized carbons (Fsp3) is 0.238. The summed E-state index contributed by atoms with van der Waals surface area (Å²) in [6, 6.07) is 18.9. The molecule has 1 aromatic heterocycles. The average Bonchev–Trinajstić information content (AvgIpc) is 2.68. The number of aliphatic imine (C=N–C) groups is 1. The van der Waals surface area contributed by atoms with Crippen molar-refractivity contribution in [3.63, 3.8) is 0 Å². The topological polar surface area (TPSA) is 49.3 Å². The summed E-state index contributed by atoms with van der Waals surface area (Å²) in [6.45, 7) is 1.62. The van der Waals surface area contributed by atoms with E-state index in [1.165, 1.54) is 16.3 Å². The lowest BCUT2D eigenvalue weighted by Gasteiger charge is -2.12. The highest BCUT2D eigenvalue weighted by Crippen LogP contribution is 2.15. The first-order valence-corrected chi connectivity index (χ1v) is 9.15. The summed E-state index contributed by atoms with van der Waals surface area (Å²) in [5.41, 5.74) is 2.47. The number of halogens is 2. The second kappa shape index (κ2) is 11.1. The zero-order valence-electron chi connectivity index (χ0n) is 15.3. The van der Waals surface area contributed by atoms with Gasteiger partial charge in [-0.15, -0.1) is 24.0 Å². The molecule has 4 nitrogen and oxygen atoms in total.